The Kier molecular flexibility index (Phi) is 6.45. The molecule has 0 bridgehead atoms. The average molecular weight is 443 g/mol. The zero-order valence-corrected chi connectivity index (χ0v) is 17.9. The quantitative estimate of drug-likeness (QED) is 0.236. The highest BCUT2D eigenvalue weighted by Gasteiger charge is 2.32. The predicted molar refractivity (Wildman–Crippen MR) is 122 cm³/mol. The van der Waals surface area contributed by atoms with E-state index in [1.165, 1.54) is 6.21 Å². The number of H-pyrrole nitrogens is 1. The van der Waals surface area contributed by atoms with E-state index in [1.807, 2.05) is 19.1 Å². The molecule has 1 heterocycles. The van der Waals surface area contributed by atoms with Crippen LogP contribution in [0.2, 0.25) is 0 Å². The highest BCUT2D eigenvalue weighted by molar-refractivity contribution is 5.83. The fraction of sp³-hybridized carbons (Fsp3) is 0.208. The SMILES string of the molecule is CCOc1cc(C=NNc2nc(-c3ccccc3)c(C#N)c(=O)[nH]2)ccc1OC(=O)C1CC1. The van der Waals surface area contributed by atoms with Gasteiger partial charge in [0.25, 0.3) is 5.56 Å². The maximum Gasteiger partial charge on any atom is 0.314 e. The molecule has 1 fully saturated rings. The number of benzene rings is 2. The van der Waals surface area contributed by atoms with Crippen molar-refractivity contribution in [2.45, 2.75) is 19.8 Å². The summed E-state index contributed by atoms with van der Waals surface area (Å²) in [6, 6.07) is 15.9. The molecule has 1 aromatic heterocycles. The second-order valence-corrected chi connectivity index (χ2v) is 7.32. The molecule has 1 saturated carbocycles. The van der Waals surface area contributed by atoms with Crippen LogP contribution in [0, 0.1) is 17.2 Å². The van der Waals surface area contributed by atoms with Gasteiger partial charge < -0.3 is 9.47 Å². The molecule has 33 heavy (non-hydrogen) atoms. The summed E-state index contributed by atoms with van der Waals surface area (Å²) in [4.78, 5) is 31.1. The van der Waals surface area contributed by atoms with Gasteiger partial charge in [-0.05, 0) is 43.5 Å². The third-order valence-electron chi connectivity index (χ3n) is 4.85. The lowest BCUT2D eigenvalue weighted by atomic mass is 10.1. The lowest BCUT2D eigenvalue weighted by molar-refractivity contribution is -0.135. The third-order valence-corrected chi connectivity index (χ3v) is 4.85. The lowest BCUT2D eigenvalue weighted by Gasteiger charge is -2.11. The topological polar surface area (TPSA) is 129 Å². The van der Waals surface area contributed by atoms with Crippen molar-refractivity contribution in [3.8, 4) is 28.8 Å². The van der Waals surface area contributed by atoms with Gasteiger partial charge in [0.05, 0.1) is 24.4 Å². The molecule has 9 heteroatoms. The van der Waals surface area contributed by atoms with Crippen LogP contribution >= 0.6 is 0 Å². The number of hydrazone groups is 1. The zero-order chi connectivity index (χ0) is 23.2. The van der Waals surface area contributed by atoms with E-state index in [9.17, 15) is 14.9 Å². The van der Waals surface area contributed by atoms with Crippen molar-refractivity contribution >= 4 is 18.1 Å². The van der Waals surface area contributed by atoms with Crippen molar-refractivity contribution in [3.63, 3.8) is 0 Å². The Balaban J connectivity index is 1.53. The molecule has 0 radical (unpaired) electrons. The molecule has 1 aliphatic carbocycles. The van der Waals surface area contributed by atoms with E-state index in [0.29, 0.717) is 29.2 Å². The minimum atomic E-state index is -0.565. The summed E-state index contributed by atoms with van der Waals surface area (Å²) in [5.74, 6) is 0.627. The first-order chi connectivity index (χ1) is 16.1. The van der Waals surface area contributed by atoms with E-state index < -0.39 is 5.56 Å². The van der Waals surface area contributed by atoms with Crippen LogP contribution in [-0.2, 0) is 4.79 Å². The number of aromatic amines is 1. The molecule has 1 aliphatic rings. The lowest BCUT2D eigenvalue weighted by Crippen LogP contribution is -2.16. The molecule has 0 amide bonds. The number of nitrogens with zero attached hydrogens (tertiary/aromatic N) is 3. The summed E-state index contributed by atoms with van der Waals surface area (Å²) < 4.78 is 11.0. The van der Waals surface area contributed by atoms with Crippen LogP contribution in [0.15, 0.2) is 58.4 Å². The number of carbonyl (C=O) groups is 1. The maximum atomic E-state index is 12.3. The fourth-order valence-electron chi connectivity index (χ4n) is 3.07. The number of anilines is 1. The molecule has 3 aromatic rings. The van der Waals surface area contributed by atoms with Crippen molar-refractivity contribution in [3.05, 3.63) is 70.0 Å². The normalized spacial score (nSPS) is 12.8. The Morgan fingerprint density at radius 1 is 1.27 bits per heavy atom. The van der Waals surface area contributed by atoms with Crippen LogP contribution in [-0.4, -0.2) is 28.8 Å². The van der Waals surface area contributed by atoms with Crippen LogP contribution in [0.1, 0.15) is 30.9 Å². The number of aromatic nitrogens is 2. The van der Waals surface area contributed by atoms with Crippen LogP contribution in [0.5, 0.6) is 11.5 Å². The summed E-state index contributed by atoms with van der Waals surface area (Å²) in [5.41, 5.74) is 3.63. The number of hydrogen-bond acceptors (Lipinski definition) is 8. The van der Waals surface area contributed by atoms with Gasteiger partial charge in [-0.1, -0.05) is 30.3 Å². The van der Waals surface area contributed by atoms with Gasteiger partial charge in [-0.3, -0.25) is 14.6 Å². The van der Waals surface area contributed by atoms with Crippen LogP contribution in [0.4, 0.5) is 5.95 Å². The number of nitriles is 1. The fourth-order valence-corrected chi connectivity index (χ4v) is 3.07. The maximum absolute atomic E-state index is 12.3. The molecule has 166 valence electrons. The third kappa shape index (κ3) is 5.25. The zero-order valence-electron chi connectivity index (χ0n) is 17.9. The Morgan fingerprint density at radius 3 is 2.76 bits per heavy atom. The molecule has 2 N–H and O–H groups in total. The highest BCUT2D eigenvalue weighted by Crippen LogP contribution is 2.34. The molecule has 0 unspecified atom stereocenters. The van der Waals surface area contributed by atoms with Gasteiger partial charge in [0.1, 0.15) is 11.6 Å². The monoisotopic (exact) mass is 443 g/mol. The van der Waals surface area contributed by atoms with Gasteiger partial charge in [-0.15, -0.1) is 0 Å². The van der Waals surface area contributed by atoms with E-state index in [2.05, 4.69) is 20.5 Å². The summed E-state index contributed by atoms with van der Waals surface area (Å²) in [5, 5.41) is 13.5. The van der Waals surface area contributed by atoms with Crippen LogP contribution < -0.4 is 20.5 Å². The number of hydrogen-bond donors (Lipinski definition) is 2. The van der Waals surface area contributed by atoms with Gasteiger partial charge in [-0.2, -0.15) is 10.4 Å². The average Bonchev–Trinajstić information content (AvgIpc) is 3.67. The van der Waals surface area contributed by atoms with Crippen molar-refractivity contribution in [1.82, 2.24) is 9.97 Å². The molecule has 0 saturated heterocycles. The Bertz CT molecular complexity index is 1290. The molecule has 0 spiro atoms. The second kappa shape index (κ2) is 9.78. The van der Waals surface area contributed by atoms with Gasteiger partial charge in [0, 0.05) is 5.56 Å². The number of rotatable bonds is 8. The number of nitrogens with one attached hydrogen (secondary N) is 2. The smallest absolute Gasteiger partial charge is 0.314 e. The first-order valence-corrected chi connectivity index (χ1v) is 10.5. The van der Waals surface area contributed by atoms with Gasteiger partial charge >= 0.3 is 5.97 Å². The summed E-state index contributed by atoms with van der Waals surface area (Å²) >= 11 is 0. The van der Waals surface area contributed by atoms with E-state index in [0.717, 1.165) is 12.8 Å². The van der Waals surface area contributed by atoms with E-state index in [-0.39, 0.29) is 29.1 Å². The van der Waals surface area contributed by atoms with Crippen molar-refractivity contribution in [1.29, 1.82) is 5.26 Å². The molecular weight excluding hydrogens is 422 g/mol. The van der Waals surface area contributed by atoms with Gasteiger partial charge in [-0.25, -0.2) is 10.4 Å². The van der Waals surface area contributed by atoms with Crippen LogP contribution in [0.3, 0.4) is 0 Å². The molecule has 0 atom stereocenters. The van der Waals surface area contributed by atoms with Gasteiger partial charge in [0.2, 0.25) is 5.95 Å². The van der Waals surface area contributed by atoms with Gasteiger partial charge in [0.15, 0.2) is 11.5 Å². The standard InChI is InChI=1S/C24H21N5O4/c1-2-32-20-12-15(8-11-19(20)33-23(31)17-9-10-17)14-26-29-24-27-21(16-6-4-3-5-7-16)18(13-25)22(30)28-24/h3-8,11-12,14,17H,2,9-10H2,1H3,(H2,27,28,29,30). The first-order valence-electron chi connectivity index (χ1n) is 10.5. The number of ether oxygens (including phenoxy) is 2. The Morgan fingerprint density at radius 2 is 2.06 bits per heavy atom. The largest absolute Gasteiger partial charge is 0.490 e. The van der Waals surface area contributed by atoms with E-state index in [4.69, 9.17) is 9.47 Å². The summed E-state index contributed by atoms with van der Waals surface area (Å²) in [7, 11) is 0. The number of carbonyl (C=O) groups excluding carboxylic acids is 1. The van der Waals surface area contributed by atoms with E-state index in [1.54, 1.807) is 42.5 Å². The summed E-state index contributed by atoms with van der Waals surface area (Å²) in [6.45, 7) is 2.25. The van der Waals surface area contributed by atoms with Crippen LogP contribution in [0.25, 0.3) is 11.3 Å². The minimum Gasteiger partial charge on any atom is -0.490 e. The van der Waals surface area contributed by atoms with Crippen molar-refractivity contribution in [2.75, 3.05) is 12.0 Å². The number of esters is 1. The Hall–Kier alpha value is -4.45. The minimum absolute atomic E-state index is 0.0206. The molecule has 2 aromatic carbocycles. The Labute approximate surface area is 189 Å². The molecule has 0 aliphatic heterocycles. The second-order valence-electron chi connectivity index (χ2n) is 7.32. The molecule has 9 nitrogen and oxygen atoms in total. The first kappa shape index (κ1) is 21.8. The van der Waals surface area contributed by atoms with E-state index >= 15 is 0 Å². The predicted octanol–water partition coefficient (Wildman–Crippen LogP) is 3.47. The highest BCUT2D eigenvalue weighted by atomic mass is 16.6. The van der Waals surface area contributed by atoms with Crippen molar-refractivity contribution in [2.24, 2.45) is 11.0 Å². The molecule has 4 rings (SSSR count). The van der Waals surface area contributed by atoms with Crippen molar-refractivity contribution < 1.29 is 14.3 Å². The summed E-state index contributed by atoms with van der Waals surface area (Å²) in [6.07, 6.45) is 3.22. The molecular formula is C24H21N5O4.